The Labute approximate surface area is 129 Å². The first-order chi connectivity index (χ1) is 10.7. The zero-order chi connectivity index (χ0) is 15.1. The van der Waals surface area contributed by atoms with Crippen molar-refractivity contribution in [2.75, 3.05) is 19.7 Å². The molecule has 116 valence electrons. The number of fused-ring (bicyclic) bond motifs is 1. The van der Waals surface area contributed by atoms with Crippen LogP contribution in [0, 0.1) is 5.92 Å². The van der Waals surface area contributed by atoms with Crippen molar-refractivity contribution in [1.29, 1.82) is 0 Å². The second-order valence-corrected chi connectivity index (χ2v) is 6.27. The molecular weight excluding hydrogens is 280 g/mol. The Hall–Kier alpha value is -1.95. The van der Waals surface area contributed by atoms with Crippen molar-refractivity contribution in [2.45, 2.75) is 25.4 Å². The smallest absolute Gasteiger partial charge is 0.254 e. The van der Waals surface area contributed by atoms with E-state index in [0.717, 1.165) is 11.0 Å². The highest BCUT2D eigenvalue weighted by Crippen LogP contribution is 2.33. The fourth-order valence-electron chi connectivity index (χ4n) is 3.31. The number of carbonyl (C=O) groups is 1. The fraction of sp³-hybridized carbons (Fsp3) is 0.562. The van der Waals surface area contributed by atoms with Gasteiger partial charge in [-0.2, -0.15) is 0 Å². The van der Waals surface area contributed by atoms with Crippen LogP contribution in [0.4, 0.5) is 0 Å². The Bertz CT molecular complexity index is 707. The van der Waals surface area contributed by atoms with Gasteiger partial charge in [-0.15, -0.1) is 5.10 Å². The number of morpholine rings is 1. The monoisotopic (exact) mass is 300 g/mol. The van der Waals surface area contributed by atoms with Crippen LogP contribution < -0.4 is 0 Å². The first kappa shape index (κ1) is 13.7. The van der Waals surface area contributed by atoms with Gasteiger partial charge in [0.05, 0.1) is 18.2 Å². The summed E-state index contributed by atoms with van der Waals surface area (Å²) in [7, 11) is 1.85. The fourth-order valence-corrected chi connectivity index (χ4v) is 3.31. The minimum Gasteiger partial charge on any atom is -0.374 e. The van der Waals surface area contributed by atoms with Gasteiger partial charge in [-0.05, 0) is 37.0 Å². The Morgan fingerprint density at radius 2 is 2.23 bits per heavy atom. The molecule has 0 bridgehead atoms. The molecule has 2 fully saturated rings. The third-order valence-electron chi connectivity index (χ3n) is 4.91. The molecule has 1 amide bonds. The van der Waals surface area contributed by atoms with Crippen molar-refractivity contribution >= 4 is 16.9 Å². The standard InChI is InChI=1S/C16H20N4O2/c1-19-14-6-5-12(9-13(14)17-18-19)16(21)20-7-8-22-15(10-20)11-3-2-4-11/h5-6,9,11,15H,2-4,7-8,10H2,1H3. The molecule has 1 aromatic carbocycles. The normalized spacial score (nSPS) is 22.8. The summed E-state index contributed by atoms with van der Waals surface area (Å²) >= 11 is 0. The summed E-state index contributed by atoms with van der Waals surface area (Å²) < 4.78 is 7.57. The Balaban J connectivity index is 1.53. The predicted octanol–water partition coefficient (Wildman–Crippen LogP) is 1.61. The molecule has 1 aliphatic heterocycles. The lowest BCUT2D eigenvalue weighted by Gasteiger charge is -2.40. The summed E-state index contributed by atoms with van der Waals surface area (Å²) in [5.74, 6) is 0.707. The third kappa shape index (κ3) is 2.27. The van der Waals surface area contributed by atoms with E-state index < -0.39 is 0 Å². The average molecular weight is 300 g/mol. The molecule has 2 aromatic rings. The van der Waals surface area contributed by atoms with Gasteiger partial charge in [-0.1, -0.05) is 11.6 Å². The number of hydrogen-bond donors (Lipinski definition) is 0. The van der Waals surface area contributed by atoms with E-state index in [9.17, 15) is 4.79 Å². The minimum atomic E-state index is 0.0696. The number of aromatic nitrogens is 3. The van der Waals surface area contributed by atoms with Crippen molar-refractivity contribution in [3.05, 3.63) is 23.8 Å². The van der Waals surface area contributed by atoms with Crippen LogP contribution in [-0.2, 0) is 11.8 Å². The molecule has 6 heteroatoms. The highest BCUT2D eigenvalue weighted by atomic mass is 16.5. The molecule has 1 atom stereocenters. The molecule has 1 saturated heterocycles. The van der Waals surface area contributed by atoms with Gasteiger partial charge in [0.2, 0.25) is 0 Å². The molecule has 0 spiro atoms. The van der Waals surface area contributed by atoms with Crippen LogP contribution in [0.5, 0.6) is 0 Å². The molecule has 2 aliphatic rings. The highest BCUT2D eigenvalue weighted by Gasteiger charge is 2.33. The SMILES string of the molecule is Cn1nnc2cc(C(=O)N3CCOC(C4CCC4)C3)ccc21. The topological polar surface area (TPSA) is 60.2 Å². The van der Waals surface area contributed by atoms with E-state index in [1.165, 1.54) is 19.3 Å². The number of carbonyl (C=O) groups excluding carboxylic acids is 1. The van der Waals surface area contributed by atoms with Crippen molar-refractivity contribution in [1.82, 2.24) is 19.9 Å². The maximum absolute atomic E-state index is 12.7. The average Bonchev–Trinajstić information content (AvgIpc) is 2.86. The lowest BCUT2D eigenvalue weighted by atomic mass is 9.80. The molecule has 2 heterocycles. The summed E-state index contributed by atoms with van der Waals surface area (Å²) in [5, 5.41) is 8.07. The zero-order valence-corrected chi connectivity index (χ0v) is 12.7. The number of amides is 1. The largest absolute Gasteiger partial charge is 0.374 e. The van der Waals surface area contributed by atoms with Crippen LogP contribution in [0.1, 0.15) is 29.6 Å². The Morgan fingerprint density at radius 1 is 1.36 bits per heavy atom. The maximum Gasteiger partial charge on any atom is 0.254 e. The van der Waals surface area contributed by atoms with Crippen molar-refractivity contribution in [3.8, 4) is 0 Å². The number of aryl methyl sites for hydroxylation is 1. The van der Waals surface area contributed by atoms with Gasteiger partial charge in [0.1, 0.15) is 5.52 Å². The number of nitrogens with zero attached hydrogens (tertiary/aromatic N) is 4. The number of benzene rings is 1. The number of hydrogen-bond acceptors (Lipinski definition) is 4. The molecule has 0 radical (unpaired) electrons. The number of ether oxygens (including phenoxy) is 1. The Kier molecular flexibility index (Phi) is 3.33. The van der Waals surface area contributed by atoms with Gasteiger partial charge in [0.15, 0.2) is 0 Å². The van der Waals surface area contributed by atoms with E-state index in [2.05, 4.69) is 10.3 Å². The molecule has 1 aromatic heterocycles. The molecule has 4 rings (SSSR count). The number of rotatable bonds is 2. The van der Waals surface area contributed by atoms with Crippen LogP contribution >= 0.6 is 0 Å². The van der Waals surface area contributed by atoms with Crippen molar-refractivity contribution in [3.63, 3.8) is 0 Å². The van der Waals surface area contributed by atoms with E-state index in [4.69, 9.17) is 4.74 Å². The van der Waals surface area contributed by atoms with Gasteiger partial charge >= 0.3 is 0 Å². The Morgan fingerprint density at radius 3 is 3.00 bits per heavy atom. The lowest BCUT2D eigenvalue weighted by molar-refractivity contribution is -0.0659. The molecule has 22 heavy (non-hydrogen) atoms. The molecule has 6 nitrogen and oxygen atoms in total. The lowest BCUT2D eigenvalue weighted by Crippen LogP contribution is -2.49. The highest BCUT2D eigenvalue weighted by molar-refractivity contribution is 5.97. The second-order valence-electron chi connectivity index (χ2n) is 6.27. The summed E-state index contributed by atoms with van der Waals surface area (Å²) in [5.41, 5.74) is 2.38. The summed E-state index contributed by atoms with van der Waals surface area (Å²) in [6.45, 7) is 2.02. The second kappa shape index (κ2) is 5.35. The van der Waals surface area contributed by atoms with E-state index >= 15 is 0 Å². The van der Waals surface area contributed by atoms with E-state index in [0.29, 0.717) is 31.2 Å². The molecule has 1 unspecified atom stereocenters. The molecular formula is C16H20N4O2. The van der Waals surface area contributed by atoms with Crippen molar-refractivity contribution in [2.24, 2.45) is 13.0 Å². The van der Waals surface area contributed by atoms with E-state index in [1.807, 2.05) is 30.1 Å². The first-order valence-corrected chi connectivity index (χ1v) is 7.93. The minimum absolute atomic E-state index is 0.0696. The quantitative estimate of drug-likeness (QED) is 0.845. The predicted molar refractivity (Wildman–Crippen MR) is 81.5 cm³/mol. The van der Waals surface area contributed by atoms with Gasteiger partial charge < -0.3 is 9.64 Å². The molecule has 1 saturated carbocycles. The third-order valence-corrected chi connectivity index (χ3v) is 4.91. The molecule has 1 aliphatic carbocycles. The maximum atomic E-state index is 12.7. The van der Waals surface area contributed by atoms with Gasteiger partial charge in [0.25, 0.3) is 5.91 Å². The van der Waals surface area contributed by atoms with Crippen molar-refractivity contribution < 1.29 is 9.53 Å². The van der Waals surface area contributed by atoms with E-state index in [-0.39, 0.29) is 12.0 Å². The summed E-state index contributed by atoms with van der Waals surface area (Å²) in [6, 6.07) is 5.60. The van der Waals surface area contributed by atoms with Crippen LogP contribution in [0.3, 0.4) is 0 Å². The van der Waals surface area contributed by atoms with E-state index in [1.54, 1.807) is 4.68 Å². The van der Waals surface area contributed by atoms with Gasteiger partial charge in [0, 0.05) is 25.7 Å². The van der Waals surface area contributed by atoms with Crippen LogP contribution in [0.25, 0.3) is 11.0 Å². The van der Waals surface area contributed by atoms with Crippen LogP contribution in [0.2, 0.25) is 0 Å². The van der Waals surface area contributed by atoms with Gasteiger partial charge in [-0.3, -0.25) is 4.79 Å². The van der Waals surface area contributed by atoms with Gasteiger partial charge in [-0.25, -0.2) is 4.68 Å². The zero-order valence-electron chi connectivity index (χ0n) is 12.7. The van der Waals surface area contributed by atoms with Crippen LogP contribution in [0.15, 0.2) is 18.2 Å². The molecule has 0 N–H and O–H groups in total. The first-order valence-electron chi connectivity index (χ1n) is 7.93. The summed E-state index contributed by atoms with van der Waals surface area (Å²) in [4.78, 5) is 14.7. The summed E-state index contributed by atoms with van der Waals surface area (Å²) in [6.07, 6.45) is 3.98. The van der Waals surface area contributed by atoms with Crippen LogP contribution in [-0.4, -0.2) is 51.6 Å².